The molecule has 3 aromatic rings. The minimum atomic E-state index is -0.909. The zero-order valence-corrected chi connectivity index (χ0v) is 30.1. The van der Waals surface area contributed by atoms with Crippen molar-refractivity contribution in [3.05, 3.63) is 107 Å². The van der Waals surface area contributed by atoms with Crippen molar-refractivity contribution in [2.45, 2.75) is 89.5 Å². The molecule has 51 heavy (non-hydrogen) atoms. The molecular formula is C41H52N6O4. The van der Waals surface area contributed by atoms with Crippen molar-refractivity contribution in [3.8, 4) is 6.07 Å². The monoisotopic (exact) mass is 692 g/mol. The number of ether oxygens (including phenoxy) is 1. The Hall–Kier alpha value is -4.56. The lowest BCUT2D eigenvalue weighted by atomic mass is 9.87. The number of hydrogen-bond acceptors (Lipinski definition) is 7. The summed E-state index contributed by atoms with van der Waals surface area (Å²) in [6, 6.07) is 25.8. The first-order chi connectivity index (χ1) is 24.5. The first-order valence-corrected chi connectivity index (χ1v) is 18.1. The van der Waals surface area contributed by atoms with Crippen molar-refractivity contribution in [2.75, 3.05) is 26.3 Å². The molecule has 3 amide bonds. The Labute approximate surface area is 302 Å². The average molecular weight is 693 g/mol. The van der Waals surface area contributed by atoms with E-state index in [9.17, 15) is 14.4 Å². The van der Waals surface area contributed by atoms with Gasteiger partial charge in [0.15, 0.2) is 0 Å². The Balaban J connectivity index is 1.31. The van der Waals surface area contributed by atoms with Gasteiger partial charge in [0.2, 0.25) is 17.7 Å². The third-order valence-electron chi connectivity index (χ3n) is 9.52. The second-order valence-corrected chi connectivity index (χ2v) is 15.2. The Kier molecular flexibility index (Phi) is 13.0. The van der Waals surface area contributed by atoms with E-state index in [0.717, 1.165) is 36.0 Å². The molecule has 10 nitrogen and oxygen atoms in total. The van der Waals surface area contributed by atoms with Gasteiger partial charge in [0.1, 0.15) is 6.04 Å². The fraction of sp³-hybridized carbons (Fsp3) is 0.463. The lowest BCUT2D eigenvalue weighted by Crippen LogP contribution is -2.70. The van der Waals surface area contributed by atoms with Gasteiger partial charge in [-0.3, -0.25) is 19.7 Å². The van der Waals surface area contributed by atoms with Gasteiger partial charge in [-0.1, -0.05) is 87.5 Å². The van der Waals surface area contributed by atoms with Crippen molar-refractivity contribution in [1.82, 2.24) is 26.6 Å². The molecular weight excluding hydrogens is 640 g/mol. The summed E-state index contributed by atoms with van der Waals surface area (Å²) in [5, 5.41) is 25.3. The van der Waals surface area contributed by atoms with Crippen LogP contribution >= 0.6 is 0 Å². The molecule has 270 valence electrons. The summed E-state index contributed by atoms with van der Waals surface area (Å²) in [5.41, 5.74) is 4.34. The minimum Gasteiger partial charge on any atom is -0.377 e. The number of nitrogens with one attached hydrogen (secondary N) is 5. The maximum absolute atomic E-state index is 14.2. The van der Waals surface area contributed by atoms with E-state index in [1.807, 2.05) is 75.4 Å². The highest BCUT2D eigenvalue weighted by molar-refractivity contribution is 5.92. The van der Waals surface area contributed by atoms with Crippen LogP contribution in [0.5, 0.6) is 0 Å². The van der Waals surface area contributed by atoms with Crippen molar-refractivity contribution in [3.63, 3.8) is 0 Å². The van der Waals surface area contributed by atoms with Crippen LogP contribution in [0, 0.1) is 16.7 Å². The first-order valence-electron chi connectivity index (χ1n) is 18.1. The summed E-state index contributed by atoms with van der Waals surface area (Å²) < 4.78 is 5.63. The molecule has 0 unspecified atom stereocenters. The number of hydrogen-bond donors (Lipinski definition) is 5. The molecule has 0 bridgehead atoms. The van der Waals surface area contributed by atoms with E-state index in [0.29, 0.717) is 51.3 Å². The van der Waals surface area contributed by atoms with Crippen molar-refractivity contribution < 1.29 is 19.1 Å². The lowest BCUT2D eigenvalue weighted by molar-refractivity contribution is -0.135. The van der Waals surface area contributed by atoms with Crippen molar-refractivity contribution in [2.24, 2.45) is 5.41 Å². The molecule has 0 spiro atoms. The zero-order chi connectivity index (χ0) is 36.3. The number of amides is 3. The van der Waals surface area contributed by atoms with Gasteiger partial charge in [0.05, 0.1) is 48.9 Å². The quantitative estimate of drug-likeness (QED) is 0.151. The van der Waals surface area contributed by atoms with Crippen molar-refractivity contribution >= 4 is 17.7 Å². The highest BCUT2D eigenvalue weighted by Crippen LogP contribution is 2.29. The third kappa shape index (κ3) is 11.2. The molecule has 0 radical (unpaired) electrons. The SMILES string of the molecule is CC(C)(C)CNC(=O)C[C@H](NC1(CNCc2ccc(C#N)cc2)COC1)C(=O)N[C@@H](CCc1ccccc1)C(=O)N[C@@H]1CCCc2ccccc21. The average Bonchev–Trinajstić information content (AvgIpc) is 3.11. The molecule has 1 aliphatic carbocycles. The summed E-state index contributed by atoms with van der Waals surface area (Å²) in [5.74, 6) is -0.887. The topological polar surface area (TPSA) is 144 Å². The van der Waals surface area contributed by atoms with Crippen molar-refractivity contribution in [1.29, 1.82) is 5.26 Å². The summed E-state index contributed by atoms with van der Waals surface area (Å²) in [4.78, 5) is 41.6. The van der Waals surface area contributed by atoms with Gasteiger partial charge in [-0.15, -0.1) is 0 Å². The Bertz CT molecular complexity index is 1660. The molecule has 2 aliphatic rings. The molecule has 5 rings (SSSR count). The number of carbonyl (C=O) groups is 3. The second-order valence-electron chi connectivity index (χ2n) is 15.2. The number of rotatable bonds is 16. The van der Waals surface area contributed by atoms with Gasteiger partial charge < -0.3 is 26.0 Å². The predicted molar refractivity (Wildman–Crippen MR) is 197 cm³/mol. The molecule has 10 heteroatoms. The molecule has 1 saturated heterocycles. The standard InChI is InChI=1S/C41H52N6O4/c1-40(2,3)25-44-37(48)22-36(47-41(27-51-28-41)26-43-24-31-18-16-30(23-42)17-19-31)39(50)46-35(21-20-29-10-5-4-6-11-29)38(49)45-34-15-9-13-32-12-7-8-14-33(32)34/h4-8,10-12,14,16-19,34-36,43,47H,9,13,15,20-22,24-28H2,1-3H3,(H,44,48)(H,45,49)(H,46,50)/t34-,35+,36+/m1/s1. The van der Waals surface area contributed by atoms with Crippen LogP contribution in [-0.2, 0) is 38.5 Å². The van der Waals surface area contributed by atoms with E-state index in [-0.39, 0.29) is 29.7 Å². The Morgan fingerprint density at radius 3 is 2.33 bits per heavy atom. The maximum atomic E-state index is 14.2. The van der Waals surface area contributed by atoms with Crippen LogP contribution in [0.3, 0.4) is 0 Å². The molecule has 1 fully saturated rings. The van der Waals surface area contributed by atoms with E-state index in [1.54, 1.807) is 12.1 Å². The smallest absolute Gasteiger partial charge is 0.243 e. The summed E-state index contributed by atoms with van der Waals surface area (Å²) in [7, 11) is 0. The van der Waals surface area contributed by atoms with Gasteiger partial charge in [-0.2, -0.15) is 5.26 Å². The number of aryl methyl sites for hydroxylation is 2. The maximum Gasteiger partial charge on any atom is 0.243 e. The van der Waals surface area contributed by atoms with Gasteiger partial charge in [-0.25, -0.2) is 0 Å². The normalized spacial score (nSPS) is 17.5. The van der Waals surface area contributed by atoms with Crippen LogP contribution in [0.1, 0.15) is 80.3 Å². The number of fused-ring (bicyclic) bond motifs is 1. The number of nitrogens with zero attached hydrogens (tertiary/aromatic N) is 1. The van der Waals surface area contributed by atoms with E-state index in [2.05, 4.69) is 44.8 Å². The molecule has 1 heterocycles. The van der Waals surface area contributed by atoms with Crippen LogP contribution in [-0.4, -0.2) is 61.6 Å². The number of nitriles is 1. The Morgan fingerprint density at radius 2 is 1.65 bits per heavy atom. The second kappa shape index (κ2) is 17.6. The molecule has 5 N–H and O–H groups in total. The van der Waals surface area contributed by atoms with E-state index in [1.165, 1.54) is 5.56 Å². The minimum absolute atomic E-state index is 0.0949. The van der Waals surface area contributed by atoms with E-state index < -0.39 is 23.5 Å². The predicted octanol–water partition coefficient (Wildman–Crippen LogP) is 4.24. The zero-order valence-electron chi connectivity index (χ0n) is 30.1. The number of benzene rings is 3. The van der Waals surface area contributed by atoms with Crippen LogP contribution in [0.4, 0.5) is 0 Å². The number of carbonyl (C=O) groups excluding carboxylic acids is 3. The highest BCUT2D eigenvalue weighted by atomic mass is 16.5. The molecule has 0 aromatic heterocycles. The fourth-order valence-electron chi connectivity index (χ4n) is 6.60. The van der Waals surface area contributed by atoms with Gasteiger partial charge in [-0.05, 0) is 71.9 Å². The van der Waals surface area contributed by atoms with E-state index in [4.69, 9.17) is 10.00 Å². The summed E-state index contributed by atoms with van der Waals surface area (Å²) >= 11 is 0. The van der Waals surface area contributed by atoms with Gasteiger partial charge in [0, 0.05) is 19.6 Å². The van der Waals surface area contributed by atoms with Crippen LogP contribution in [0.25, 0.3) is 0 Å². The van der Waals surface area contributed by atoms with Crippen LogP contribution < -0.4 is 26.6 Å². The van der Waals surface area contributed by atoms with Crippen LogP contribution in [0.2, 0.25) is 0 Å². The van der Waals surface area contributed by atoms with Gasteiger partial charge >= 0.3 is 0 Å². The third-order valence-corrected chi connectivity index (χ3v) is 9.52. The fourth-order valence-corrected chi connectivity index (χ4v) is 6.60. The lowest BCUT2D eigenvalue weighted by Gasteiger charge is -2.44. The van der Waals surface area contributed by atoms with E-state index >= 15 is 0 Å². The first kappa shape index (κ1) is 37.7. The summed E-state index contributed by atoms with van der Waals surface area (Å²) in [6.07, 6.45) is 3.69. The van der Waals surface area contributed by atoms with Gasteiger partial charge in [0.25, 0.3) is 0 Å². The van der Waals surface area contributed by atoms with Crippen LogP contribution in [0.15, 0.2) is 78.9 Å². The molecule has 3 atom stereocenters. The summed E-state index contributed by atoms with van der Waals surface area (Å²) in [6.45, 7) is 8.35. The molecule has 0 saturated carbocycles. The molecule has 3 aromatic carbocycles. The molecule has 1 aliphatic heterocycles. The largest absolute Gasteiger partial charge is 0.377 e. The highest BCUT2D eigenvalue weighted by Gasteiger charge is 2.42. The Morgan fingerprint density at radius 1 is 0.922 bits per heavy atom.